The van der Waals surface area contributed by atoms with Crippen molar-refractivity contribution in [2.75, 3.05) is 45.9 Å². The van der Waals surface area contributed by atoms with Gasteiger partial charge in [-0.15, -0.1) is 35.3 Å². The van der Waals surface area contributed by atoms with Gasteiger partial charge in [0.2, 0.25) is 0 Å². The Kier molecular flexibility index (Phi) is 10.00. The third-order valence-electron chi connectivity index (χ3n) is 3.61. The van der Waals surface area contributed by atoms with E-state index in [4.69, 9.17) is 4.74 Å². The number of ether oxygens (including phenoxy) is 1. The maximum atomic E-state index is 5.36. The van der Waals surface area contributed by atoms with Crippen molar-refractivity contribution in [2.24, 2.45) is 4.99 Å². The molecule has 0 unspecified atom stereocenters. The molecule has 2 N–H and O–H groups in total. The van der Waals surface area contributed by atoms with Gasteiger partial charge in [-0.2, -0.15) is 0 Å². The van der Waals surface area contributed by atoms with Crippen molar-refractivity contribution in [3.63, 3.8) is 0 Å². The van der Waals surface area contributed by atoms with Gasteiger partial charge in [0.25, 0.3) is 0 Å². The Bertz CT molecular complexity index is 469. The summed E-state index contributed by atoms with van der Waals surface area (Å²) in [5, 5.41) is 7.75. The lowest BCUT2D eigenvalue weighted by Gasteiger charge is -2.26. The standard InChI is InChI=1S/C15H27N5OS.HI/c1-4-16-15(17-5-6-20-7-9-21-10-8-20)18-11-14-19-12(2)13(3)22-14;/h4-11H2,1-3H3,(H2,16,17,18);1H. The van der Waals surface area contributed by atoms with Gasteiger partial charge in [0.05, 0.1) is 25.5 Å². The number of hydrogen-bond acceptors (Lipinski definition) is 5. The highest BCUT2D eigenvalue weighted by atomic mass is 127. The fraction of sp³-hybridized carbons (Fsp3) is 0.733. The van der Waals surface area contributed by atoms with Crippen molar-refractivity contribution in [1.29, 1.82) is 0 Å². The number of nitrogens with one attached hydrogen (secondary N) is 2. The molecule has 0 radical (unpaired) electrons. The molecule has 0 bridgehead atoms. The van der Waals surface area contributed by atoms with Crippen molar-refractivity contribution in [2.45, 2.75) is 27.3 Å². The van der Waals surface area contributed by atoms with Crippen molar-refractivity contribution < 1.29 is 4.74 Å². The molecule has 0 atom stereocenters. The van der Waals surface area contributed by atoms with Crippen molar-refractivity contribution in [3.8, 4) is 0 Å². The van der Waals surface area contributed by atoms with Crippen LogP contribution in [0.3, 0.4) is 0 Å². The van der Waals surface area contributed by atoms with Gasteiger partial charge in [0.15, 0.2) is 5.96 Å². The number of aromatic nitrogens is 1. The minimum Gasteiger partial charge on any atom is -0.379 e. The molecule has 1 aromatic rings. The summed E-state index contributed by atoms with van der Waals surface area (Å²) in [6, 6.07) is 0. The molecular formula is C15H28IN5OS. The van der Waals surface area contributed by atoms with Crippen LogP contribution in [0, 0.1) is 13.8 Å². The molecule has 0 saturated carbocycles. The lowest BCUT2D eigenvalue weighted by atomic mass is 10.4. The van der Waals surface area contributed by atoms with E-state index < -0.39 is 0 Å². The van der Waals surface area contributed by atoms with Gasteiger partial charge in [-0.3, -0.25) is 4.90 Å². The van der Waals surface area contributed by atoms with Crippen molar-refractivity contribution in [3.05, 3.63) is 15.6 Å². The van der Waals surface area contributed by atoms with E-state index in [2.05, 4.69) is 39.4 Å². The first-order chi connectivity index (χ1) is 10.7. The minimum absolute atomic E-state index is 0. The Labute approximate surface area is 160 Å². The zero-order chi connectivity index (χ0) is 15.8. The van der Waals surface area contributed by atoms with Crippen molar-refractivity contribution >= 4 is 41.3 Å². The molecule has 1 aliphatic rings. The van der Waals surface area contributed by atoms with E-state index in [9.17, 15) is 0 Å². The number of thiazole rings is 1. The predicted octanol–water partition coefficient (Wildman–Crippen LogP) is 1.77. The van der Waals surface area contributed by atoms with Crippen LogP contribution in [0.2, 0.25) is 0 Å². The maximum absolute atomic E-state index is 5.36. The molecule has 1 saturated heterocycles. The SMILES string of the molecule is CCNC(=NCc1nc(C)c(C)s1)NCCN1CCOCC1.I. The van der Waals surface area contributed by atoms with Crippen LogP contribution in [0.25, 0.3) is 0 Å². The molecule has 0 amide bonds. The normalized spacial score (nSPS) is 16.0. The Morgan fingerprint density at radius 3 is 2.65 bits per heavy atom. The molecule has 132 valence electrons. The number of aryl methyl sites for hydroxylation is 2. The predicted molar refractivity (Wildman–Crippen MR) is 107 cm³/mol. The summed E-state index contributed by atoms with van der Waals surface area (Å²) >= 11 is 1.73. The number of hydrogen-bond donors (Lipinski definition) is 2. The van der Waals surface area contributed by atoms with Crippen LogP contribution < -0.4 is 10.6 Å². The number of rotatable bonds is 6. The third-order valence-corrected chi connectivity index (χ3v) is 4.67. The van der Waals surface area contributed by atoms with Crippen LogP contribution in [0.1, 0.15) is 22.5 Å². The second-order valence-electron chi connectivity index (χ2n) is 5.33. The molecule has 2 rings (SSSR count). The van der Waals surface area contributed by atoms with E-state index in [1.807, 2.05) is 6.92 Å². The second kappa shape index (κ2) is 11.2. The Balaban J connectivity index is 0.00000264. The summed E-state index contributed by atoms with van der Waals surface area (Å²) < 4.78 is 5.36. The second-order valence-corrected chi connectivity index (χ2v) is 6.61. The van der Waals surface area contributed by atoms with Crippen LogP contribution in [0.15, 0.2) is 4.99 Å². The fourth-order valence-electron chi connectivity index (χ4n) is 2.25. The average molecular weight is 453 g/mol. The van der Waals surface area contributed by atoms with Crippen LogP contribution in [-0.4, -0.2) is 61.8 Å². The lowest BCUT2D eigenvalue weighted by Crippen LogP contribution is -2.44. The molecule has 8 heteroatoms. The van der Waals surface area contributed by atoms with Crippen molar-refractivity contribution in [1.82, 2.24) is 20.5 Å². The van der Waals surface area contributed by atoms with E-state index in [-0.39, 0.29) is 24.0 Å². The zero-order valence-corrected chi connectivity index (χ0v) is 17.4. The number of aliphatic imine (C=N–C) groups is 1. The first kappa shape index (κ1) is 20.6. The summed E-state index contributed by atoms with van der Waals surface area (Å²) in [6.45, 7) is 13.4. The van der Waals surface area contributed by atoms with Gasteiger partial charge >= 0.3 is 0 Å². The lowest BCUT2D eigenvalue weighted by molar-refractivity contribution is 0.0389. The molecule has 23 heavy (non-hydrogen) atoms. The quantitative estimate of drug-likeness (QED) is 0.391. The van der Waals surface area contributed by atoms with Crippen LogP contribution in [0.5, 0.6) is 0 Å². The van der Waals surface area contributed by atoms with E-state index in [0.717, 1.165) is 62.6 Å². The number of nitrogens with zero attached hydrogens (tertiary/aromatic N) is 3. The van der Waals surface area contributed by atoms with Gasteiger partial charge < -0.3 is 15.4 Å². The number of halogens is 1. The number of guanidine groups is 1. The van der Waals surface area contributed by atoms with Gasteiger partial charge in [-0.1, -0.05) is 0 Å². The van der Waals surface area contributed by atoms with Crippen LogP contribution >= 0.6 is 35.3 Å². The van der Waals surface area contributed by atoms with E-state index in [1.54, 1.807) is 11.3 Å². The maximum Gasteiger partial charge on any atom is 0.191 e. The molecule has 0 spiro atoms. The summed E-state index contributed by atoms with van der Waals surface area (Å²) in [5.41, 5.74) is 1.11. The minimum atomic E-state index is 0. The Morgan fingerprint density at radius 2 is 2.04 bits per heavy atom. The highest BCUT2D eigenvalue weighted by molar-refractivity contribution is 14.0. The van der Waals surface area contributed by atoms with E-state index in [0.29, 0.717) is 6.54 Å². The summed E-state index contributed by atoms with van der Waals surface area (Å²) in [4.78, 5) is 12.8. The first-order valence-corrected chi connectivity index (χ1v) is 8.76. The van der Waals surface area contributed by atoms with Gasteiger partial charge in [-0.05, 0) is 20.8 Å². The molecule has 1 aromatic heterocycles. The molecular weight excluding hydrogens is 425 g/mol. The zero-order valence-electron chi connectivity index (χ0n) is 14.2. The molecule has 0 aliphatic carbocycles. The summed E-state index contributed by atoms with van der Waals surface area (Å²) in [7, 11) is 0. The third kappa shape index (κ3) is 7.32. The van der Waals surface area contributed by atoms with Gasteiger partial charge in [0.1, 0.15) is 5.01 Å². The van der Waals surface area contributed by atoms with Gasteiger partial charge in [-0.25, -0.2) is 9.98 Å². The molecule has 2 heterocycles. The average Bonchev–Trinajstić information content (AvgIpc) is 2.84. The largest absolute Gasteiger partial charge is 0.379 e. The topological polar surface area (TPSA) is 61.8 Å². The Hall–Kier alpha value is -0.450. The highest BCUT2D eigenvalue weighted by Gasteiger charge is 2.09. The van der Waals surface area contributed by atoms with Gasteiger partial charge in [0, 0.05) is 37.6 Å². The fourth-order valence-corrected chi connectivity index (χ4v) is 3.11. The monoisotopic (exact) mass is 453 g/mol. The number of morpholine rings is 1. The van der Waals surface area contributed by atoms with E-state index >= 15 is 0 Å². The van der Waals surface area contributed by atoms with Crippen LogP contribution in [-0.2, 0) is 11.3 Å². The Morgan fingerprint density at radius 1 is 1.30 bits per heavy atom. The highest BCUT2D eigenvalue weighted by Crippen LogP contribution is 2.16. The van der Waals surface area contributed by atoms with Crippen LogP contribution in [0.4, 0.5) is 0 Å². The molecule has 1 aliphatic heterocycles. The molecule has 0 aromatic carbocycles. The first-order valence-electron chi connectivity index (χ1n) is 7.94. The summed E-state index contributed by atoms with van der Waals surface area (Å²) in [6.07, 6.45) is 0. The smallest absolute Gasteiger partial charge is 0.191 e. The molecule has 6 nitrogen and oxygen atoms in total. The van der Waals surface area contributed by atoms with E-state index in [1.165, 1.54) is 4.88 Å². The summed E-state index contributed by atoms with van der Waals surface area (Å²) in [5.74, 6) is 0.862. The molecule has 1 fully saturated rings.